The highest BCUT2D eigenvalue weighted by Gasteiger charge is 2.23. The van der Waals surface area contributed by atoms with Crippen LogP contribution in [0, 0.1) is 0 Å². The Kier molecular flexibility index (Phi) is 34.5. The highest BCUT2D eigenvalue weighted by Crippen LogP contribution is 2.17. The van der Waals surface area contributed by atoms with Gasteiger partial charge in [-0.3, -0.25) is 19.2 Å². The van der Waals surface area contributed by atoms with Gasteiger partial charge in [-0.1, -0.05) is 110 Å². The first-order chi connectivity index (χ1) is 15.7. The maximum absolute atomic E-state index is 9.50. The van der Waals surface area contributed by atoms with E-state index in [1.165, 1.54) is 96.3 Å². The van der Waals surface area contributed by atoms with E-state index in [1.54, 1.807) is 0 Å². The van der Waals surface area contributed by atoms with Crippen LogP contribution >= 0.6 is 0 Å². The summed E-state index contributed by atoms with van der Waals surface area (Å²) in [6, 6.07) is 0. The third-order valence-electron chi connectivity index (χ3n) is 6.58. The zero-order chi connectivity index (χ0) is 23.7. The molecule has 210 valence electrons. The second-order valence-corrected chi connectivity index (χ2v) is 9.46. The number of rotatable bonds is 26. The lowest BCUT2D eigenvalue weighted by atomic mass is 10.0. The molecule has 0 saturated carbocycles. The highest BCUT2D eigenvalue weighted by atomic mass is 19.0. The Balaban J connectivity index is -0.00000480. The van der Waals surface area contributed by atoms with Gasteiger partial charge in [-0.2, -0.15) is 0 Å². The van der Waals surface area contributed by atoms with Crippen molar-refractivity contribution in [1.82, 2.24) is 9.80 Å². The molecule has 0 aliphatic carbocycles. The van der Waals surface area contributed by atoms with E-state index >= 15 is 0 Å². The lowest BCUT2D eigenvalue weighted by molar-refractivity contribution is 0.00541. The molecule has 0 heterocycles. The minimum absolute atomic E-state index is 0. The van der Waals surface area contributed by atoms with Gasteiger partial charge in [-0.15, -0.1) is 0 Å². The Labute approximate surface area is 210 Å². The average molecular weight is 499 g/mol. The monoisotopic (exact) mass is 498 g/mol. The number of halogens is 2. The van der Waals surface area contributed by atoms with Crippen molar-refractivity contribution < 1.29 is 24.7 Å². The van der Waals surface area contributed by atoms with Crippen molar-refractivity contribution in [3.8, 4) is 0 Å². The van der Waals surface area contributed by atoms with Crippen molar-refractivity contribution in [2.75, 3.05) is 46.0 Å². The van der Waals surface area contributed by atoms with Gasteiger partial charge in [0.15, 0.2) is 0 Å². The number of aliphatic hydroxyl groups is 3. The summed E-state index contributed by atoms with van der Waals surface area (Å²) in [5.41, 5.74) is 0. The van der Waals surface area contributed by atoms with E-state index in [9.17, 15) is 15.3 Å². The zero-order valence-corrected chi connectivity index (χ0v) is 22.6. The highest BCUT2D eigenvalue weighted by molar-refractivity contribution is 4.74. The number of hydrogen-bond acceptors (Lipinski definition) is 5. The Hall–Kier alpha value is -0.340. The SMILES string of the molecule is CCCCCCCCCCCCCCCCCC(N(CCC)CCO)N(CCO)CCO.F.F. The number of hydrogen-bond donors (Lipinski definition) is 3. The fourth-order valence-corrected chi connectivity index (χ4v) is 4.79. The Morgan fingerprint density at radius 2 is 0.765 bits per heavy atom. The summed E-state index contributed by atoms with van der Waals surface area (Å²) in [5.74, 6) is 0. The fraction of sp³-hybridized carbons (Fsp3) is 1.00. The summed E-state index contributed by atoms with van der Waals surface area (Å²) in [4.78, 5) is 4.52. The van der Waals surface area contributed by atoms with Crippen molar-refractivity contribution in [3.05, 3.63) is 0 Å². The molecule has 0 aromatic rings. The topological polar surface area (TPSA) is 67.2 Å². The molecule has 34 heavy (non-hydrogen) atoms. The summed E-state index contributed by atoms with van der Waals surface area (Å²) in [7, 11) is 0. The minimum atomic E-state index is 0. The molecular formula is C27H60F2N2O3. The van der Waals surface area contributed by atoms with E-state index < -0.39 is 0 Å². The van der Waals surface area contributed by atoms with Crippen LogP contribution in [0.5, 0.6) is 0 Å². The van der Waals surface area contributed by atoms with Gasteiger partial charge < -0.3 is 15.3 Å². The van der Waals surface area contributed by atoms with Gasteiger partial charge in [0.2, 0.25) is 0 Å². The van der Waals surface area contributed by atoms with Crippen molar-refractivity contribution in [1.29, 1.82) is 0 Å². The third kappa shape index (κ3) is 22.1. The molecule has 0 spiro atoms. The van der Waals surface area contributed by atoms with E-state index in [-0.39, 0.29) is 35.4 Å². The maximum Gasteiger partial charge on any atom is 0.0624 e. The summed E-state index contributed by atoms with van der Waals surface area (Å²) >= 11 is 0. The van der Waals surface area contributed by atoms with E-state index in [0.29, 0.717) is 19.6 Å². The molecule has 0 aromatic carbocycles. The minimum Gasteiger partial charge on any atom is -0.395 e. The molecule has 0 aliphatic rings. The summed E-state index contributed by atoms with van der Waals surface area (Å²) in [6.45, 7) is 7.57. The molecule has 0 radical (unpaired) electrons. The van der Waals surface area contributed by atoms with Crippen LogP contribution in [-0.2, 0) is 0 Å². The molecule has 0 aromatic heterocycles. The summed E-state index contributed by atoms with van der Waals surface area (Å²) in [6.07, 6.45) is 22.8. The number of unbranched alkanes of at least 4 members (excludes halogenated alkanes) is 14. The number of aliphatic hydroxyl groups excluding tert-OH is 3. The Morgan fingerprint density at radius 3 is 1.09 bits per heavy atom. The first kappa shape index (κ1) is 38.2. The van der Waals surface area contributed by atoms with Crippen LogP contribution in [0.2, 0.25) is 0 Å². The fourth-order valence-electron chi connectivity index (χ4n) is 4.79. The second kappa shape index (κ2) is 30.7. The van der Waals surface area contributed by atoms with Crippen molar-refractivity contribution in [2.45, 2.75) is 129 Å². The molecule has 0 amide bonds. The van der Waals surface area contributed by atoms with Crippen LogP contribution in [0.15, 0.2) is 0 Å². The molecule has 1 unspecified atom stereocenters. The van der Waals surface area contributed by atoms with E-state index in [1.807, 2.05) is 0 Å². The van der Waals surface area contributed by atoms with E-state index in [2.05, 4.69) is 23.6 Å². The van der Waals surface area contributed by atoms with Gasteiger partial charge in [0, 0.05) is 19.6 Å². The third-order valence-corrected chi connectivity index (χ3v) is 6.58. The van der Waals surface area contributed by atoms with Crippen molar-refractivity contribution in [2.24, 2.45) is 0 Å². The molecule has 0 bridgehead atoms. The van der Waals surface area contributed by atoms with Gasteiger partial charge in [-0.05, 0) is 19.4 Å². The lowest BCUT2D eigenvalue weighted by Gasteiger charge is -2.39. The molecular weight excluding hydrogens is 438 g/mol. The predicted molar refractivity (Wildman–Crippen MR) is 143 cm³/mol. The van der Waals surface area contributed by atoms with Crippen LogP contribution in [0.25, 0.3) is 0 Å². The van der Waals surface area contributed by atoms with Gasteiger partial charge in [0.1, 0.15) is 0 Å². The first-order valence-corrected chi connectivity index (χ1v) is 14.1. The van der Waals surface area contributed by atoms with Crippen LogP contribution in [0.3, 0.4) is 0 Å². The van der Waals surface area contributed by atoms with Gasteiger partial charge in [0.05, 0.1) is 26.0 Å². The van der Waals surface area contributed by atoms with Crippen LogP contribution in [-0.4, -0.2) is 77.3 Å². The summed E-state index contributed by atoms with van der Waals surface area (Å²) in [5, 5.41) is 28.4. The van der Waals surface area contributed by atoms with Gasteiger partial charge in [0.25, 0.3) is 0 Å². The summed E-state index contributed by atoms with van der Waals surface area (Å²) < 4.78 is 0. The molecule has 5 nitrogen and oxygen atoms in total. The van der Waals surface area contributed by atoms with Crippen LogP contribution < -0.4 is 0 Å². The molecule has 1 atom stereocenters. The molecule has 3 N–H and O–H groups in total. The van der Waals surface area contributed by atoms with Crippen LogP contribution in [0.1, 0.15) is 123 Å². The van der Waals surface area contributed by atoms with Crippen molar-refractivity contribution in [3.63, 3.8) is 0 Å². The zero-order valence-electron chi connectivity index (χ0n) is 22.6. The molecule has 7 heteroatoms. The standard InChI is InChI=1S/C27H58N2O3.2FH/c1-3-5-6-7-8-9-10-11-12-13-14-15-16-17-18-19-27(28(20-4-2)21-24-30)29(22-25-31)23-26-32;;/h27,30-32H,3-26H2,1-2H3;2*1H. The molecule has 0 aliphatic heterocycles. The van der Waals surface area contributed by atoms with Gasteiger partial charge in [-0.25, -0.2) is 0 Å². The smallest absolute Gasteiger partial charge is 0.0624 e. The first-order valence-electron chi connectivity index (χ1n) is 14.1. The maximum atomic E-state index is 9.50. The van der Waals surface area contributed by atoms with Gasteiger partial charge >= 0.3 is 0 Å². The lowest BCUT2D eigenvalue weighted by Crippen LogP contribution is -2.51. The van der Waals surface area contributed by atoms with E-state index in [4.69, 9.17) is 0 Å². The van der Waals surface area contributed by atoms with E-state index in [0.717, 1.165) is 19.4 Å². The number of nitrogens with zero attached hydrogens (tertiary/aromatic N) is 2. The Bertz CT molecular complexity index is 341. The largest absolute Gasteiger partial charge is 0.395 e. The normalized spacial score (nSPS) is 12.1. The molecule has 0 saturated heterocycles. The quantitative estimate of drug-likeness (QED) is 0.103. The molecule has 0 rings (SSSR count). The van der Waals surface area contributed by atoms with Crippen LogP contribution in [0.4, 0.5) is 9.41 Å². The van der Waals surface area contributed by atoms with Crippen molar-refractivity contribution >= 4 is 0 Å². The average Bonchev–Trinajstić information content (AvgIpc) is 2.79. The second-order valence-electron chi connectivity index (χ2n) is 9.46. The predicted octanol–water partition coefficient (Wildman–Crippen LogP) is 5.87. The molecule has 0 fully saturated rings. The Morgan fingerprint density at radius 1 is 0.441 bits per heavy atom.